The molecule has 0 heterocycles. The molecule has 1 unspecified atom stereocenters. The van der Waals surface area contributed by atoms with Gasteiger partial charge in [0.25, 0.3) is 0 Å². The number of likely N-dealkylation sites (N-methyl/N-ethyl adjacent to an activating group) is 1. The van der Waals surface area contributed by atoms with Crippen molar-refractivity contribution in [1.29, 1.82) is 0 Å². The van der Waals surface area contributed by atoms with E-state index in [-0.39, 0.29) is 11.8 Å². The van der Waals surface area contributed by atoms with Gasteiger partial charge in [0, 0.05) is 31.0 Å². The number of hydrogen-bond acceptors (Lipinski definition) is 3. The molecule has 150 valence electrons. The summed E-state index contributed by atoms with van der Waals surface area (Å²) < 4.78 is 0. The largest absolute Gasteiger partial charge is 0.355 e. The van der Waals surface area contributed by atoms with E-state index >= 15 is 0 Å². The number of rotatable bonds is 10. The van der Waals surface area contributed by atoms with Gasteiger partial charge in [0.1, 0.15) is 6.04 Å². The fourth-order valence-corrected chi connectivity index (χ4v) is 3.83. The van der Waals surface area contributed by atoms with Crippen LogP contribution in [0, 0.1) is 6.92 Å². The number of carbonyl (C=O) groups excluding carboxylic acids is 2. The zero-order valence-corrected chi connectivity index (χ0v) is 17.8. The van der Waals surface area contributed by atoms with E-state index in [0.29, 0.717) is 19.5 Å². The molecule has 0 aliphatic rings. The number of nitrogens with zero attached hydrogens (tertiary/aromatic N) is 1. The lowest BCUT2D eigenvalue weighted by Crippen LogP contribution is -2.47. The molecule has 0 aromatic heterocycles. The van der Waals surface area contributed by atoms with Crippen LogP contribution in [0.4, 0.5) is 0 Å². The third-order valence-electron chi connectivity index (χ3n) is 4.69. The van der Waals surface area contributed by atoms with Crippen molar-refractivity contribution in [2.75, 3.05) is 12.3 Å². The summed E-state index contributed by atoms with van der Waals surface area (Å²) in [7, 11) is 0. The molecule has 0 fully saturated rings. The van der Waals surface area contributed by atoms with E-state index in [1.54, 1.807) is 23.6 Å². The third-order valence-corrected chi connectivity index (χ3v) is 5.72. The summed E-state index contributed by atoms with van der Waals surface area (Å²) in [5.41, 5.74) is 3.46. The van der Waals surface area contributed by atoms with Gasteiger partial charge in [0.05, 0.1) is 0 Å². The summed E-state index contributed by atoms with van der Waals surface area (Å²) in [5, 5.41) is 2.83. The van der Waals surface area contributed by atoms with E-state index in [2.05, 4.69) is 17.4 Å². The van der Waals surface area contributed by atoms with Gasteiger partial charge in [-0.15, -0.1) is 0 Å². The minimum absolute atomic E-state index is 0.0163. The Morgan fingerprint density at radius 1 is 1.07 bits per heavy atom. The molecule has 2 aromatic rings. The highest BCUT2D eigenvalue weighted by Gasteiger charge is 2.25. The highest BCUT2D eigenvalue weighted by Crippen LogP contribution is 2.17. The van der Waals surface area contributed by atoms with Crippen molar-refractivity contribution in [2.45, 2.75) is 45.5 Å². The monoisotopic (exact) mass is 398 g/mol. The highest BCUT2D eigenvalue weighted by molar-refractivity contribution is 7.98. The molecule has 28 heavy (non-hydrogen) atoms. The maximum absolute atomic E-state index is 13.0. The Labute approximate surface area is 172 Å². The van der Waals surface area contributed by atoms with Gasteiger partial charge in [-0.05, 0) is 37.5 Å². The molecule has 0 bridgehead atoms. The van der Waals surface area contributed by atoms with Gasteiger partial charge in [0.15, 0.2) is 0 Å². The van der Waals surface area contributed by atoms with Crippen LogP contribution in [-0.2, 0) is 21.9 Å². The van der Waals surface area contributed by atoms with Gasteiger partial charge >= 0.3 is 0 Å². The molecule has 0 aliphatic heterocycles. The zero-order valence-electron chi connectivity index (χ0n) is 17.0. The Kier molecular flexibility index (Phi) is 9.08. The summed E-state index contributed by atoms with van der Waals surface area (Å²) in [4.78, 5) is 27.0. The lowest BCUT2D eigenvalue weighted by Gasteiger charge is -2.29. The molecule has 5 heteroatoms. The first-order chi connectivity index (χ1) is 13.5. The summed E-state index contributed by atoms with van der Waals surface area (Å²) in [6.07, 6.45) is 0.424. The van der Waals surface area contributed by atoms with Crippen molar-refractivity contribution in [1.82, 2.24) is 10.2 Å². The number of carbonyl (C=O) groups is 2. The SMILES string of the molecule is CCNC(=O)C(C)N(Cc1ccccc1C)C(=O)CCSCc1ccccc1. The van der Waals surface area contributed by atoms with Gasteiger partial charge < -0.3 is 10.2 Å². The average molecular weight is 399 g/mol. The number of nitrogens with one attached hydrogen (secondary N) is 1. The van der Waals surface area contributed by atoms with Crippen LogP contribution in [0.3, 0.4) is 0 Å². The standard InChI is InChI=1S/C23H30N2O2S/c1-4-24-23(27)19(3)25(16-21-13-9-8-10-18(21)2)22(26)14-15-28-17-20-11-6-5-7-12-20/h5-13,19H,4,14-17H2,1-3H3,(H,24,27). The number of hydrogen-bond donors (Lipinski definition) is 1. The fourth-order valence-electron chi connectivity index (χ4n) is 2.94. The smallest absolute Gasteiger partial charge is 0.242 e. The lowest BCUT2D eigenvalue weighted by atomic mass is 10.1. The van der Waals surface area contributed by atoms with Crippen LogP contribution in [0.5, 0.6) is 0 Å². The molecule has 0 spiro atoms. The topological polar surface area (TPSA) is 49.4 Å². The fraction of sp³-hybridized carbons (Fsp3) is 0.391. The second kappa shape index (κ2) is 11.5. The molecular formula is C23H30N2O2S. The number of amides is 2. The summed E-state index contributed by atoms with van der Waals surface area (Å²) in [5.74, 6) is 1.53. The summed E-state index contributed by atoms with van der Waals surface area (Å²) >= 11 is 1.74. The first kappa shape index (κ1) is 22.0. The minimum Gasteiger partial charge on any atom is -0.355 e. The quantitative estimate of drug-likeness (QED) is 0.611. The molecule has 2 amide bonds. The third kappa shape index (κ3) is 6.71. The van der Waals surface area contributed by atoms with Crippen molar-refractivity contribution in [3.8, 4) is 0 Å². The molecule has 1 atom stereocenters. The van der Waals surface area contributed by atoms with E-state index in [1.807, 2.05) is 56.3 Å². The van der Waals surface area contributed by atoms with E-state index in [9.17, 15) is 9.59 Å². The van der Waals surface area contributed by atoms with Crippen LogP contribution < -0.4 is 5.32 Å². The summed E-state index contributed by atoms with van der Waals surface area (Å²) in [6, 6.07) is 17.8. The normalized spacial score (nSPS) is 11.7. The van der Waals surface area contributed by atoms with Crippen molar-refractivity contribution in [2.24, 2.45) is 0 Å². The van der Waals surface area contributed by atoms with E-state index in [1.165, 1.54) is 5.56 Å². The van der Waals surface area contributed by atoms with Crippen molar-refractivity contribution in [3.05, 3.63) is 71.3 Å². The Balaban J connectivity index is 1.99. The molecule has 2 rings (SSSR count). The predicted octanol–water partition coefficient (Wildman–Crippen LogP) is 4.17. The molecule has 2 aromatic carbocycles. The lowest BCUT2D eigenvalue weighted by molar-refractivity contribution is -0.140. The second-order valence-corrected chi connectivity index (χ2v) is 7.91. The van der Waals surface area contributed by atoms with Gasteiger partial charge in [-0.3, -0.25) is 9.59 Å². The van der Waals surface area contributed by atoms with Crippen molar-refractivity contribution >= 4 is 23.6 Å². The molecule has 0 radical (unpaired) electrons. The Morgan fingerprint density at radius 3 is 2.43 bits per heavy atom. The number of thioether (sulfide) groups is 1. The van der Waals surface area contributed by atoms with Gasteiger partial charge in [-0.2, -0.15) is 11.8 Å². The number of aryl methyl sites for hydroxylation is 1. The van der Waals surface area contributed by atoms with E-state index in [4.69, 9.17) is 0 Å². The first-order valence-corrected chi connectivity index (χ1v) is 10.9. The second-order valence-electron chi connectivity index (χ2n) is 6.81. The number of benzene rings is 2. The van der Waals surface area contributed by atoms with Crippen molar-refractivity contribution in [3.63, 3.8) is 0 Å². The van der Waals surface area contributed by atoms with E-state index < -0.39 is 6.04 Å². The van der Waals surface area contributed by atoms with Crippen LogP contribution in [-0.4, -0.2) is 35.1 Å². The molecule has 0 saturated carbocycles. The van der Waals surface area contributed by atoms with Crippen LogP contribution in [0.15, 0.2) is 54.6 Å². The Bertz CT molecular complexity index is 764. The van der Waals surface area contributed by atoms with Gasteiger partial charge in [0.2, 0.25) is 11.8 Å². The van der Waals surface area contributed by atoms with Crippen LogP contribution in [0.25, 0.3) is 0 Å². The maximum Gasteiger partial charge on any atom is 0.242 e. The molecular weight excluding hydrogens is 368 g/mol. The Morgan fingerprint density at radius 2 is 1.75 bits per heavy atom. The Hall–Kier alpha value is -2.27. The van der Waals surface area contributed by atoms with Crippen LogP contribution >= 0.6 is 11.8 Å². The van der Waals surface area contributed by atoms with Crippen LogP contribution in [0.2, 0.25) is 0 Å². The average Bonchev–Trinajstić information content (AvgIpc) is 2.71. The van der Waals surface area contributed by atoms with E-state index in [0.717, 1.165) is 22.6 Å². The first-order valence-electron chi connectivity index (χ1n) is 9.76. The van der Waals surface area contributed by atoms with Gasteiger partial charge in [-0.25, -0.2) is 0 Å². The minimum atomic E-state index is -0.494. The predicted molar refractivity (Wildman–Crippen MR) is 117 cm³/mol. The zero-order chi connectivity index (χ0) is 20.4. The molecule has 0 saturated heterocycles. The highest BCUT2D eigenvalue weighted by atomic mass is 32.2. The summed E-state index contributed by atoms with van der Waals surface area (Å²) in [6.45, 7) is 6.73. The molecule has 4 nitrogen and oxygen atoms in total. The maximum atomic E-state index is 13.0. The van der Waals surface area contributed by atoms with Crippen LogP contribution in [0.1, 0.15) is 37.0 Å². The van der Waals surface area contributed by atoms with Crippen molar-refractivity contribution < 1.29 is 9.59 Å². The molecule has 0 aliphatic carbocycles. The van der Waals surface area contributed by atoms with Gasteiger partial charge in [-0.1, -0.05) is 54.6 Å². The molecule has 1 N–H and O–H groups in total.